The summed E-state index contributed by atoms with van der Waals surface area (Å²) in [5, 5.41) is 16.5. The number of aliphatic carboxylic acids is 1. The van der Waals surface area contributed by atoms with Crippen molar-refractivity contribution in [3.05, 3.63) is 30.0 Å². The van der Waals surface area contributed by atoms with Gasteiger partial charge in [0.05, 0.1) is 11.9 Å². The zero-order chi connectivity index (χ0) is 15.4. The molecule has 0 spiro atoms. The van der Waals surface area contributed by atoms with Crippen LogP contribution in [0, 0.1) is 0 Å². The van der Waals surface area contributed by atoms with E-state index in [0.717, 1.165) is 17.3 Å². The summed E-state index contributed by atoms with van der Waals surface area (Å²) in [5.41, 5.74) is 1.14. The maximum atomic E-state index is 12.7. The number of carbonyl (C=O) groups excluding carboxylic acids is 1. The fraction of sp³-hybridized carbons (Fsp3) is 0.400. The average Bonchev–Trinajstić information content (AvgIpc) is 2.90. The number of carboxylic acids is 1. The summed E-state index contributed by atoms with van der Waals surface area (Å²) in [6.07, 6.45) is 0.687. The molecule has 1 heterocycles. The number of nitrogens with zero attached hydrogens (tertiary/aromatic N) is 2. The molecule has 112 valence electrons. The number of fused-ring (bicyclic) bond motifs is 1. The smallest absolute Gasteiger partial charge is 0.305 e. The zero-order valence-corrected chi connectivity index (χ0v) is 12.2. The molecule has 2 aromatic rings. The van der Waals surface area contributed by atoms with Gasteiger partial charge in [0.2, 0.25) is 0 Å². The summed E-state index contributed by atoms with van der Waals surface area (Å²) in [4.78, 5) is 25.0. The van der Waals surface area contributed by atoms with E-state index in [1.807, 2.05) is 38.1 Å². The molecule has 0 saturated carbocycles. The number of rotatable bonds is 6. The number of carboxylic acid groups (broad SMARTS) is 1. The number of benzene rings is 1. The number of hydrogen-bond donors (Lipinski definition) is 2. The quantitative estimate of drug-likeness (QED) is 0.854. The van der Waals surface area contributed by atoms with Crippen molar-refractivity contribution in [1.82, 2.24) is 15.1 Å². The molecule has 0 aliphatic carbocycles. The molecule has 6 nitrogen and oxygen atoms in total. The largest absolute Gasteiger partial charge is 0.481 e. The third-order valence-corrected chi connectivity index (χ3v) is 3.62. The number of hydrogen-bond acceptors (Lipinski definition) is 3. The second-order valence-electron chi connectivity index (χ2n) is 5.02. The molecule has 1 amide bonds. The molecule has 0 aliphatic rings. The van der Waals surface area contributed by atoms with Crippen molar-refractivity contribution in [2.75, 3.05) is 6.54 Å². The van der Waals surface area contributed by atoms with Crippen LogP contribution < -0.4 is 0 Å². The van der Waals surface area contributed by atoms with Gasteiger partial charge in [-0.2, -0.15) is 5.10 Å². The topological polar surface area (TPSA) is 86.3 Å². The molecule has 2 rings (SSSR count). The Morgan fingerprint density at radius 2 is 2.10 bits per heavy atom. The highest BCUT2D eigenvalue weighted by Gasteiger charge is 2.24. The van der Waals surface area contributed by atoms with E-state index in [0.29, 0.717) is 5.69 Å². The Balaban J connectivity index is 2.30. The number of para-hydroxylation sites is 1. The molecular weight excluding hydrogens is 270 g/mol. The predicted molar refractivity (Wildman–Crippen MR) is 79.1 cm³/mol. The van der Waals surface area contributed by atoms with Crippen LogP contribution in [-0.2, 0) is 4.79 Å². The Bertz CT molecular complexity index is 650. The van der Waals surface area contributed by atoms with E-state index in [9.17, 15) is 9.59 Å². The molecule has 0 fully saturated rings. The minimum atomic E-state index is -0.914. The minimum absolute atomic E-state index is 0.0349. The van der Waals surface area contributed by atoms with Crippen LogP contribution in [0.3, 0.4) is 0 Å². The number of aromatic amines is 1. The first-order valence-corrected chi connectivity index (χ1v) is 7.00. The van der Waals surface area contributed by atoms with Crippen LogP contribution in [0.4, 0.5) is 0 Å². The fourth-order valence-corrected chi connectivity index (χ4v) is 2.22. The van der Waals surface area contributed by atoms with E-state index >= 15 is 0 Å². The summed E-state index contributed by atoms with van der Waals surface area (Å²) in [5.74, 6) is -1.15. The van der Waals surface area contributed by atoms with E-state index in [1.54, 1.807) is 4.90 Å². The third-order valence-electron chi connectivity index (χ3n) is 3.62. The third kappa shape index (κ3) is 3.21. The fourth-order valence-electron chi connectivity index (χ4n) is 2.22. The van der Waals surface area contributed by atoms with Gasteiger partial charge in [0.1, 0.15) is 0 Å². The van der Waals surface area contributed by atoms with Crippen molar-refractivity contribution >= 4 is 22.8 Å². The van der Waals surface area contributed by atoms with Crippen LogP contribution >= 0.6 is 0 Å². The predicted octanol–water partition coefficient (Wildman–Crippen LogP) is 2.28. The second kappa shape index (κ2) is 6.39. The van der Waals surface area contributed by atoms with Gasteiger partial charge < -0.3 is 10.0 Å². The van der Waals surface area contributed by atoms with Gasteiger partial charge in [0, 0.05) is 18.0 Å². The van der Waals surface area contributed by atoms with Crippen LogP contribution in [0.2, 0.25) is 0 Å². The molecule has 1 aromatic heterocycles. The van der Waals surface area contributed by atoms with Crippen LogP contribution in [0.25, 0.3) is 10.9 Å². The van der Waals surface area contributed by atoms with Crippen molar-refractivity contribution in [1.29, 1.82) is 0 Å². The highest BCUT2D eigenvalue weighted by Crippen LogP contribution is 2.18. The average molecular weight is 289 g/mol. The van der Waals surface area contributed by atoms with Crippen LogP contribution in [0.15, 0.2) is 24.3 Å². The Hall–Kier alpha value is -2.37. The number of nitrogens with one attached hydrogen (secondary N) is 1. The van der Waals surface area contributed by atoms with Gasteiger partial charge in [-0.25, -0.2) is 0 Å². The van der Waals surface area contributed by atoms with Crippen molar-refractivity contribution < 1.29 is 14.7 Å². The molecule has 0 bridgehead atoms. The van der Waals surface area contributed by atoms with Crippen molar-refractivity contribution in [2.45, 2.75) is 32.7 Å². The molecule has 0 aliphatic heterocycles. The summed E-state index contributed by atoms with van der Waals surface area (Å²) in [6, 6.07) is 7.36. The Morgan fingerprint density at radius 3 is 2.76 bits per heavy atom. The first kappa shape index (κ1) is 15.0. The Kier molecular flexibility index (Phi) is 4.57. The van der Waals surface area contributed by atoms with Crippen LogP contribution in [-0.4, -0.2) is 44.7 Å². The van der Waals surface area contributed by atoms with Crippen molar-refractivity contribution in [3.63, 3.8) is 0 Å². The lowest BCUT2D eigenvalue weighted by Gasteiger charge is -2.27. The lowest BCUT2D eigenvalue weighted by Crippen LogP contribution is -2.40. The summed E-state index contributed by atoms with van der Waals surface area (Å²) in [7, 11) is 0. The Labute approximate surface area is 122 Å². The van der Waals surface area contributed by atoms with Crippen LogP contribution in [0.1, 0.15) is 37.2 Å². The van der Waals surface area contributed by atoms with Gasteiger partial charge >= 0.3 is 5.97 Å². The van der Waals surface area contributed by atoms with Crippen LogP contribution in [0.5, 0.6) is 0 Å². The van der Waals surface area contributed by atoms with Gasteiger partial charge in [0.25, 0.3) is 5.91 Å². The molecule has 1 atom stereocenters. The molecule has 0 radical (unpaired) electrons. The Morgan fingerprint density at radius 1 is 1.38 bits per heavy atom. The summed E-state index contributed by atoms with van der Waals surface area (Å²) < 4.78 is 0. The lowest BCUT2D eigenvalue weighted by molar-refractivity contribution is -0.137. The maximum absolute atomic E-state index is 12.7. The van der Waals surface area contributed by atoms with E-state index < -0.39 is 5.97 Å². The molecule has 1 unspecified atom stereocenters. The summed E-state index contributed by atoms with van der Waals surface area (Å²) in [6.45, 7) is 4.06. The van der Waals surface area contributed by atoms with Crippen molar-refractivity contribution in [3.8, 4) is 0 Å². The van der Waals surface area contributed by atoms with Gasteiger partial charge in [-0.1, -0.05) is 25.1 Å². The molecule has 0 saturated heterocycles. The van der Waals surface area contributed by atoms with Gasteiger partial charge in [0.15, 0.2) is 5.69 Å². The maximum Gasteiger partial charge on any atom is 0.305 e. The SMILES string of the molecule is CCC(C)N(CCC(=O)O)C(=O)c1n[nH]c2ccccc12. The molecular formula is C15H19N3O3. The van der Waals surface area contributed by atoms with Gasteiger partial charge in [-0.05, 0) is 19.4 Å². The molecule has 2 N–H and O–H groups in total. The van der Waals surface area contributed by atoms with E-state index in [4.69, 9.17) is 5.11 Å². The first-order valence-electron chi connectivity index (χ1n) is 7.00. The summed E-state index contributed by atoms with van der Waals surface area (Å²) >= 11 is 0. The minimum Gasteiger partial charge on any atom is -0.481 e. The van der Waals surface area contributed by atoms with Crippen molar-refractivity contribution in [2.24, 2.45) is 0 Å². The van der Waals surface area contributed by atoms with Gasteiger partial charge in [-0.3, -0.25) is 14.7 Å². The van der Waals surface area contributed by atoms with Gasteiger partial charge in [-0.15, -0.1) is 0 Å². The number of aromatic nitrogens is 2. The van der Waals surface area contributed by atoms with E-state index in [-0.39, 0.29) is 24.9 Å². The number of H-pyrrole nitrogens is 1. The van der Waals surface area contributed by atoms with E-state index in [1.165, 1.54) is 0 Å². The molecule has 21 heavy (non-hydrogen) atoms. The normalized spacial score (nSPS) is 12.3. The number of amides is 1. The molecule has 1 aromatic carbocycles. The standard InChI is InChI=1S/C15H19N3O3/c1-3-10(2)18(9-8-13(19)20)15(21)14-11-6-4-5-7-12(11)16-17-14/h4-7,10H,3,8-9H2,1-2H3,(H,16,17)(H,19,20). The number of carbonyl (C=O) groups is 2. The second-order valence-corrected chi connectivity index (χ2v) is 5.02. The molecule has 6 heteroatoms. The first-order chi connectivity index (χ1) is 10.0. The van der Waals surface area contributed by atoms with E-state index in [2.05, 4.69) is 10.2 Å². The lowest BCUT2D eigenvalue weighted by atomic mass is 10.1. The zero-order valence-electron chi connectivity index (χ0n) is 12.2. The highest BCUT2D eigenvalue weighted by atomic mass is 16.4. The highest BCUT2D eigenvalue weighted by molar-refractivity contribution is 6.04. The monoisotopic (exact) mass is 289 g/mol.